The van der Waals surface area contributed by atoms with Crippen molar-refractivity contribution in [1.82, 2.24) is 0 Å². The summed E-state index contributed by atoms with van der Waals surface area (Å²) >= 11 is 0. The van der Waals surface area contributed by atoms with Crippen LogP contribution in [0.2, 0.25) is 0 Å². The molecule has 0 heterocycles. The number of hydrogen-bond donors (Lipinski definition) is 0. The quantitative estimate of drug-likeness (QED) is 0.205. The molecule has 0 spiro atoms. The first-order valence-corrected chi connectivity index (χ1v) is 5.86. The maximum absolute atomic E-state index is 11.5. The highest BCUT2D eigenvalue weighted by atomic mass is 16.6. The van der Waals surface area contributed by atoms with Crippen LogP contribution in [0.1, 0.15) is 26.7 Å². The van der Waals surface area contributed by atoms with Crippen molar-refractivity contribution in [2.75, 3.05) is 26.9 Å². The Balaban J connectivity index is 3.86. The van der Waals surface area contributed by atoms with E-state index >= 15 is 0 Å². The summed E-state index contributed by atoms with van der Waals surface area (Å²) in [5.41, 5.74) is 0. The van der Waals surface area contributed by atoms with Crippen LogP contribution in [0.5, 0.6) is 0 Å². The van der Waals surface area contributed by atoms with Crippen LogP contribution in [0, 0.1) is 0 Å². The van der Waals surface area contributed by atoms with Crippen molar-refractivity contribution in [3.05, 3.63) is 24.0 Å². The number of unbranched alkanes of at least 4 members (excludes halogenated alkanes) is 1. The number of allylic oxidation sites excluding steroid dienone is 2. The Labute approximate surface area is 103 Å². The van der Waals surface area contributed by atoms with Gasteiger partial charge < -0.3 is 14.2 Å². The van der Waals surface area contributed by atoms with Crippen molar-refractivity contribution < 1.29 is 19.0 Å². The molecule has 0 N–H and O–H groups in total. The summed E-state index contributed by atoms with van der Waals surface area (Å²) in [5.74, 6) is -0.212. The first kappa shape index (κ1) is 15.7. The minimum atomic E-state index is -0.451. The molecule has 17 heavy (non-hydrogen) atoms. The van der Waals surface area contributed by atoms with Crippen molar-refractivity contribution in [2.45, 2.75) is 26.7 Å². The van der Waals surface area contributed by atoms with Gasteiger partial charge in [0, 0.05) is 7.11 Å². The minimum absolute atomic E-state index is 0.238. The topological polar surface area (TPSA) is 44.8 Å². The van der Waals surface area contributed by atoms with E-state index < -0.39 is 5.97 Å². The summed E-state index contributed by atoms with van der Waals surface area (Å²) in [6, 6.07) is 0. The summed E-state index contributed by atoms with van der Waals surface area (Å²) < 4.78 is 15.0. The van der Waals surface area contributed by atoms with Crippen molar-refractivity contribution in [2.24, 2.45) is 0 Å². The summed E-state index contributed by atoms with van der Waals surface area (Å²) in [7, 11) is 1.55. The Bertz CT molecular complexity index is 256. The Hall–Kier alpha value is -1.29. The van der Waals surface area contributed by atoms with E-state index in [1.165, 1.54) is 0 Å². The van der Waals surface area contributed by atoms with E-state index in [9.17, 15) is 4.79 Å². The Morgan fingerprint density at radius 1 is 1.18 bits per heavy atom. The molecule has 4 nitrogen and oxygen atoms in total. The van der Waals surface area contributed by atoms with Gasteiger partial charge in [0.1, 0.15) is 13.2 Å². The van der Waals surface area contributed by atoms with Gasteiger partial charge in [-0.05, 0) is 19.4 Å². The molecule has 0 bridgehead atoms. The van der Waals surface area contributed by atoms with Gasteiger partial charge in [-0.1, -0.05) is 25.5 Å². The van der Waals surface area contributed by atoms with Crippen LogP contribution in [0.15, 0.2) is 24.0 Å². The van der Waals surface area contributed by atoms with Gasteiger partial charge in [-0.25, -0.2) is 4.79 Å². The van der Waals surface area contributed by atoms with E-state index in [2.05, 4.69) is 6.92 Å². The van der Waals surface area contributed by atoms with E-state index in [1.807, 2.05) is 12.2 Å². The molecular weight excluding hydrogens is 220 g/mol. The lowest BCUT2D eigenvalue weighted by atomic mass is 10.3. The molecule has 0 atom stereocenters. The van der Waals surface area contributed by atoms with Crippen molar-refractivity contribution in [3.8, 4) is 0 Å². The molecule has 0 aliphatic rings. The normalized spacial score (nSPS) is 11.8. The average molecular weight is 242 g/mol. The van der Waals surface area contributed by atoms with E-state index in [1.54, 1.807) is 20.1 Å². The highest BCUT2D eigenvalue weighted by molar-refractivity contribution is 5.86. The molecule has 0 aromatic rings. The number of rotatable bonds is 9. The molecule has 4 heteroatoms. The summed E-state index contributed by atoms with van der Waals surface area (Å²) in [4.78, 5) is 11.5. The van der Waals surface area contributed by atoms with Crippen LogP contribution in [-0.4, -0.2) is 32.9 Å². The Kier molecular flexibility index (Phi) is 10.4. The van der Waals surface area contributed by atoms with E-state index in [0.29, 0.717) is 13.2 Å². The monoisotopic (exact) mass is 242 g/mol. The van der Waals surface area contributed by atoms with Crippen LogP contribution in [-0.2, 0) is 19.0 Å². The lowest BCUT2D eigenvalue weighted by Gasteiger charge is -2.08. The van der Waals surface area contributed by atoms with Crippen molar-refractivity contribution >= 4 is 5.97 Å². The van der Waals surface area contributed by atoms with Gasteiger partial charge in [-0.3, -0.25) is 0 Å². The van der Waals surface area contributed by atoms with Gasteiger partial charge >= 0.3 is 5.97 Å². The zero-order valence-corrected chi connectivity index (χ0v) is 10.9. The van der Waals surface area contributed by atoms with Crippen LogP contribution in [0.25, 0.3) is 0 Å². The lowest BCUT2D eigenvalue weighted by molar-refractivity contribution is -0.144. The molecule has 0 aromatic heterocycles. The molecule has 0 fully saturated rings. The van der Waals surface area contributed by atoms with Gasteiger partial charge in [0.25, 0.3) is 0 Å². The zero-order valence-electron chi connectivity index (χ0n) is 10.9. The standard InChI is InChI=1S/C13H22O4/c1-4-6-7-8-9-16-12(5-2)13(14)17-11-10-15-3/h5,7-8H,4,6,9-11H2,1-3H3/b8-7+,12-5+. The number of carbonyl (C=O) groups excluding carboxylic acids is 1. The molecule has 0 radical (unpaired) electrons. The SMILES string of the molecule is C/C=C(/OC/C=C/CCC)C(=O)OCCOC. The Morgan fingerprint density at radius 2 is 1.94 bits per heavy atom. The molecule has 0 rings (SSSR count). The van der Waals surface area contributed by atoms with Gasteiger partial charge in [-0.15, -0.1) is 0 Å². The van der Waals surface area contributed by atoms with Gasteiger partial charge in [0.15, 0.2) is 0 Å². The van der Waals surface area contributed by atoms with Gasteiger partial charge in [0.2, 0.25) is 5.76 Å². The molecule has 98 valence electrons. The molecule has 0 aliphatic carbocycles. The number of esters is 1. The molecule has 0 saturated heterocycles. The number of methoxy groups -OCH3 is 1. The lowest BCUT2D eigenvalue weighted by Crippen LogP contribution is -2.14. The highest BCUT2D eigenvalue weighted by Gasteiger charge is 2.10. The maximum Gasteiger partial charge on any atom is 0.373 e. The first-order chi connectivity index (χ1) is 8.26. The third kappa shape index (κ3) is 8.51. The second-order valence-electron chi connectivity index (χ2n) is 3.35. The molecular formula is C13H22O4. The van der Waals surface area contributed by atoms with E-state index in [-0.39, 0.29) is 12.4 Å². The third-order valence-corrected chi connectivity index (χ3v) is 1.94. The first-order valence-electron chi connectivity index (χ1n) is 5.86. The predicted molar refractivity (Wildman–Crippen MR) is 66.6 cm³/mol. The zero-order chi connectivity index (χ0) is 12.9. The predicted octanol–water partition coefficient (Wildman–Crippen LogP) is 2.45. The largest absolute Gasteiger partial charge is 0.483 e. The number of carbonyl (C=O) groups is 1. The second-order valence-corrected chi connectivity index (χ2v) is 3.35. The molecule has 0 saturated carbocycles. The average Bonchev–Trinajstić information content (AvgIpc) is 2.34. The van der Waals surface area contributed by atoms with Gasteiger partial charge in [0.05, 0.1) is 6.61 Å². The smallest absolute Gasteiger partial charge is 0.373 e. The second kappa shape index (κ2) is 11.2. The van der Waals surface area contributed by atoms with Crippen molar-refractivity contribution in [3.63, 3.8) is 0 Å². The molecule has 0 amide bonds. The fraction of sp³-hybridized carbons (Fsp3) is 0.615. The van der Waals surface area contributed by atoms with E-state index in [4.69, 9.17) is 14.2 Å². The molecule has 0 aliphatic heterocycles. The number of ether oxygens (including phenoxy) is 3. The maximum atomic E-state index is 11.5. The third-order valence-electron chi connectivity index (χ3n) is 1.94. The molecule has 0 aromatic carbocycles. The summed E-state index contributed by atoms with van der Waals surface area (Å²) in [6.45, 7) is 4.86. The van der Waals surface area contributed by atoms with E-state index in [0.717, 1.165) is 12.8 Å². The number of hydrogen-bond acceptors (Lipinski definition) is 4. The summed E-state index contributed by atoms with van der Waals surface area (Å²) in [6.07, 6.45) is 7.65. The van der Waals surface area contributed by atoms with Crippen LogP contribution in [0.4, 0.5) is 0 Å². The fourth-order valence-corrected chi connectivity index (χ4v) is 1.04. The summed E-state index contributed by atoms with van der Waals surface area (Å²) in [5, 5.41) is 0. The van der Waals surface area contributed by atoms with Crippen LogP contribution in [0.3, 0.4) is 0 Å². The Morgan fingerprint density at radius 3 is 2.53 bits per heavy atom. The van der Waals surface area contributed by atoms with Crippen LogP contribution >= 0.6 is 0 Å². The highest BCUT2D eigenvalue weighted by Crippen LogP contribution is 2.01. The van der Waals surface area contributed by atoms with Crippen LogP contribution < -0.4 is 0 Å². The van der Waals surface area contributed by atoms with Crippen molar-refractivity contribution in [1.29, 1.82) is 0 Å². The molecule has 0 unspecified atom stereocenters. The minimum Gasteiger partial charge on any atom is -0.483 e. The van der Waals surface area contributed by atoms with Gasteiger partial charge in [-0.2, -0.15) is 0 Å². The fourth-order valence-electron chi connectivity index (χ4n) is 1.04.